The molecule has 1 heterocycles. The van der Waals surface area contributed by atoms with E-state index >= 15 is 0 Å². The van der Waals surface area contributed by atoms with Gasteiger partial charge in [0.05, 0.1) is 18.2 Å². The van der Waals surface area contributed by atoms with Crippen molar-refractivity contribution in [1.29, 1.82) is 0 Å². The van der Waals surface area contributed by atoms with Crippen molar-refractivity contribution in [3.63, 3.8) is 0 Å². The highest BCUT2D eigenvalue weighted by molar-refractivity contribution is 5.93. The zero-order valence-electron chi connectivity index (χ0n) is 8.10. The molecule has 0 amide bonds. The van der Waals surface area contributed by atoms with Crippen molar-refractivity contribution in [1.82, 2.24) is 4.98 Å². The molecule has 2 aromatic rings. The predicted octanol–water partition coefficient (Wildman–Crippen LogP) is 1.73. The van der Waals surface area contributed by atoms with Gasteiger partial charge < -0.3 is 9.84 Å². The smallest absolute Gasteiger partial charge is 0.339 e. The largest absolute Gasteiger partial charge is 0.508 e. The number of fused-ring (bicyclic) bond motifs is 1. The Kier molecular flexibility index (Phi) is 2.25. The molecule has 0 saturated carbocycles. The van der Waals surface area contributed by atoms with Crippen LogP contribution in [0.15, 0.2) is 30.5 Å². The SMILES string of the molecule is COC(=O)c1cnc2ccc(O)cc2c1. The van der Waals surface area contributed by atoms with Crippen LogP contribution in [0.25, 0.3) is 10.9 Å². The molecule has 0 saturated heterocycles. The lowest BCUT2D eigenvalue weighted by Gasteiger charge is -2.01. The first-order chi connectivity index (χ1) is 7.20. The van der Waals surface area contributed by atoms with Gasteiger partial charge in [-0.1, -0.05) is 0 Å². The van der Waals surface area contributed by atoms with Gasteiger partial charge in [0.2, 0.25) is 0 Å². The third-order valence-electron chi connectivity index (χ3n) is 2.09. The van der Waals surface area contributed by atoms with Crippen LogP contribution in [-0.2, 0) is 4.74 Å². The van der Waals surface area contributed by atoms with E-state index in [0.717, 1.165) is 5.52 Å². The second-order valence-electron chi connectivity index (χ2n) is 3.09. The quantitative estimate of drug-likeness (QED) is 0.717. The second-order valence-corrected chi connectivity index (χ2v) is 3.09. The Morgan fingerprint density at radius 3 is 2.93 bits per heavy atom. The molecule has 76 valence electrons. The van der Waals surface area contributed by atoms with Crippen molar-refractivity contribution >= 4 is 16.9 Å². The summed E-state index contributed by atoms with van der Waals surface area (Å²) in [5.41, 5.74) is 1.09. The van der Waals surface area contributed by atoms with Crippen molar-refractivity contribution in [2.24, 2.45) is 0 Å². The van der Waals surface area contributed by atoms with Crippen LogP contribution in [0, 0.1) is 0 Å². The maximum absolute atomic E-state index is 11.2. The number of aromatic nitrogens is 1. The van der Waals surface area contributed by atoms with E-state index in [2.05, 4.69) is 9.72 Å². The number of rotatable bonds is 1. The minimum atomic E-state index is -0.437. The van der Waals surface area contributed by atoms with Gasteiger partial charge >= 0.3 is 5.97 Å². The number of aromatic hydroxyl groups is 1. The molecule has 0 radical (unpaired) electrons. The summed E-state index contributed by atoms with van der Waals surface area (Å²) < 4.78 is 4.57. The Morgan fingerprint density at radius 2 is 2.20 bits per heavy atom. The van der Waals surface area contributed by atoms with Gasteiger partial charge in [0.25, 0.3) is 0 Å². The zero-order valence-corrected chi connectivity index (χ0v) is 8.10. The summed E-state index contributed by atoms with van der Waals surface area (Å²) >= 11 is 0. The van der Waals surface area contributed by atoms with Crippen molar-refractivity contribution in [2.75, 3.05) is 7.11 Å². The Labute approximate surface area is 86.1 Å². The van der Waals surface area contributed by atoms with Crippen molar-refractivity contribution in [3.8, 4) is 5.75 Å². The minimum absolute atomic E-state index is 0.145. The van der Waals surface area contributed by atoms with E-state index in [4.69, 9.17) is 0 Å². The summed E-state index contributed by atoms with van der Waals surface area (Å²) in [7, 11) is 1.31. The average molecular weight is 203 g/mol. The van der Waals surface area contributed by atoms with Crippen LogP contribution in [0.4, 0.5) is 0 Å². The molecule has 15 heavy (non-hydrogen) atoms. The first-order valence-corrected chi connectivity index (χ1v) is 4.38. The zero-order chi connectivity index (χ0) is 10.8. The lowest BCUT2D eigenvalue weighted by Crippen LogP contribution is -2.01. The molecular weight excluding hydrogens is 194 g/mol. The number of ether oxygens (including phenoxy) is 1. The van der Waals surface area contributed by atoms with E-state index in [1.807, 2.05) is 0 Å². The maximum Gasteiger partial charge on any atom is 0.339 e. The third-order valence-corrected chi connectivity index (χ3v) is 2.09. The normalized spacial score (nSPS) is 10.2. The topological polar surface area (TPSA) is 59.4 Å². The first-order valence-electron chi connectivity index (χ1n) is 4.38. The van der Waals surface area contributed by atoms with E-state index in [-0.39, 0.29) is 5.75 Å². The average Bonchev–Trinajstić information content (AvgIpc) is 2.27. The van der Waals surface area contributed by atoms with Gasteiger partial charge in [-0.05, 0) is 24.3 Å². The summed E-state index contributed by atoms with van der Waals surface area (Å²) in [6, 6.07) is 6.42. The molecule has 4 nitrogen and oxygen atoms in total. The lowest BCUT2D eigenvalue weighted by atomic mass is 10.1. The van der Waals surface area contributed by atoms with Crippen LogP contribution < -0.4 is 0 Å². The molecule has 0 atom stereocenters. The van der Waals surface area contributed by atoms with Crippen LogP contribution in [0.5, 0.6) is 5.75 Å². The molecule has 0 unspecified atom stereocenters. The van der Waals surface area contributed by atoms with Gasteiger partial charge in [0, 0.05) is 11.6 Å². The maximum atomic E-state index is 11.2. The summed E-state index contributed by atoms with van der Waals surface area (Å²) in [6.07, 6.45) is 1.45. The van der Waals surface area contributed by atoms with Gasteiger partial charge in [0.15, 0.2) is 0 Å². The fourth-order valence-corrected chi connectivity index (χ4v) is 1.35. The Bertz CT molecular complexity index is 522. The molecule has 0 aliphatic heterocycles. The number of hydrogen-bond donors (Lipinski definition) is 1. The van der Waals surface area contributed by atoms with Gasteiger partial charge in [-0.3, -0.25) is 4.98 Å². The van der Waals surface area contributed by atoms with Crippen molar-refractivity contribution in [2.45, 2.75) is 0 Å². The molecule has 1 aromatic heterocycles. The van der Waals surface area contributed by atoms with Crippen LogP contribution in [-0.4, -0.2) is 23.2 Å². The lowest BCUT2D eigenvalue weighted by molar-refractivity contribution is 0.0600. The van der Waals surface area contributed by atoms with Crippen LogP contribution in [0.3, 0.4) is 0 Å². The Hall–Kier alpha value is -2.10. The highest BCUT2D eigenvalue weighted by Gasteiger charge is 2.06. The number of hydrogen-bond acceptors (Lipinski definition) is 4. The number of benzene rings is 1. The first kappa shape index (κ1) is 9.45. The van der Waals surface area contributed by atoms with Crippen molar-refractivity contribution < 1.29 is 14.6 Å². The molecule has 2 rings (SSSR count). The van der Waals surface area contributed by atoms with Gasteiger partial charge in [-0.2, -0.15) is 0 Å². The highest BCUT2D eigenvalue weighted by Crippen LogP contribution is 2.19. The molecule has 0 aliphatic rings. The van der Waals surface area contributed by atoms with E-state index in [1.54, 1.807) is 24.3 Å². The number of pyridine rings is 1. The molecule has 0 spiro atoms. The number of carbonyl (C=O) groups is 1. The summed E-state index contributed by atoms with van der Waals surface area (Å²) in [6.45, 7) is 0. The van der Waals surface area contributed by atoms with Gasteiger partial charge in [-0.15, -0.1) is 0 Å². The Balaban J connectivity index is 2.59. The Morgan fingerprint density at radius 1 is 1.40 bits per heavy atom. The van der Waals surface area contributed by atoms with E-state index in [9.17, 15) is 9.90 Å². The molecule has 0 aliphatic carbocycles. The van der Waals surface area contributed by atoms with Crippen LogP contribution in [0.2, 0.25) is 0 Å². The van der Waals surface area contributed by atoms with E-state index in [1.165, 1.54) is 13.3 Å². The van der Waals surface area contributed by atoms with E-state index in [0.29, 0.717) is 10.9 Å². The number of methoxy groups -OCH3 is 1. The van der Waals surface area contributed by atoms with E-state index < -0.39 is 5.97 Å². The predicted molar refractivity (Wildman–Crippen MR) is 54.7 cm³/mol. The molecule has 0 bridgehead atoms. The number of esters is 1. The van der Waals surface area contributed by atoms with Crippen LogP contribution in [0.1, 0.15) is 10.4 Å². The van der Waals surface area contributed by atoms with Crippen molar-refractivity contribution in [3.05, 3.63) is 36.0 Å². The number of nitrogens with zero attached hydrogens (tertiary/aromatic N) is 1. The number of phenols is 1. The summed E-state index contributed by atoms with van der Waals surface area (Å²) in [5.74, 6) is -0.293. The standard InChI is InChI=1S/C11H9NO3/c1-15-11(14)8-4-7-5-9(13)2-3-10(7)12-6-8/h2-6,13H,1H3. The molecule has 1 N–H and O–H groups in total. The highest BCUT2D eigenvalue weighted by atomic mass is 16.5. The monoisotopic (exact) mass is 203 g/mol. The molecule has 4 heteroatoms. The van der Waals surface area contributed by atoms with Gasteiger partial charge in [-0.25, -0.2) is 4.79 Å². The molecule has 1 aromatic carbocycles. The fraction of sp³-hybridized carbons (Fsp3) is 0.0909. The number of carbonyl (C=O) groups excluding carboxylic acids is 1. The van der Waals surface area contributed by atoms with Crippen LogP contribution >= 0.6 is 0 Å². The second kappa shape index (κ2) is 3.57. The fourth-order valence-electron chi connectivity index (χ4n) is 1.35. The minimum Gasteiger partial charge on any atom is -0.508 e. The summed E-state index contributed by atoms with van der Waals surface area (Å²) in [5, 5.41) is 9.98. The van der Waals surface area contributed by atoms with Gasteiger partial charge in [0.1, 0.15) is 5.75 Å². The third kappa shape index (κ3) is 1.74. The molecular formula is C11H9NO3. The molecule has 0 fully saturated rings. The summed E-state index contributed by atoms with van der Waals surface area (Å²) in [4.78, 5) is 15.3. The number of phenolic OH excluding ortho intramolecular Hbond substituents is 1.